The van der Waals surface area contributed by atoms with Crippen molar-refractivity contribution in [3.05, 3.63) is 46.5 Å². The molecule has 0 aliphatic carbocycles. The van der Waals surface area contributed by atoms with E-state index in [0.717, 1.165) is 35.6 Å². The fourth-order valence-electron chi connectivity index (χ4n) is 2.27. The van der Waals surface area contributed by atoms with Crippen LogP contribution in [0.1, 0.15) is 35.9 Å². The molecular weight excluding hydrogens is 253 g/mol. The van der Waals surface area contributed by atoms with Crippen molar-refractivity contribution in [2.24, 2.45) is 0 Å². The van der Waals surface area contributed by atoms with Gasteiger partial charge in [0.1, 0.15) is 5.82 Å². The van der Waals surface area contributed by atoms with Gasteiger partial charge in [-0.05, 0) is 51.4 Å². The average Bonchev–Trinajstić information content (AvgIpc) is 2.68. The Balaban J connectivity index is 2.45. The largest absolute Gasteiger partial charge is 0.312 e. The van der Waals surface area contributed by atoms with Crippen LogP contribution in [-0.4, -0.2) is 16.3 Å². The zero-order chi connectivity index (χ0) is 14.7. The van der Waals surface area contributed by atoms with E-state index in [2.05, 4.69) is 17.3 Å². The Morgan fingerprint density at radius 3 is 2.60 bits per heavy atom. The number of benzene rings is 1. The monoisotopic (exact) mass is 275 g/mol. The minimum Gasteiger partial charge on any atom is -0.312 e. The Morgan fingerprint density at radius 2 is 2.00 bits per heavy atom. The second-order valence-corrected chi connectivity index (χ2v) is 5.12. The Morgan fingerprint density at radius 1 is 1.25 bits per heavy atom. The second kappa shape index (κ2) is 6.18. The molecule has 0 unspecified atom stereocenters. The van der Waals surface area contributed by atoms with E-state index in [1.165, 1.54) is 6.07 Å². The van der Waals surface area contributed by atoms with Crippen LogP contribution in [0, 0.1) is 26.6 Å². The van der Waals surface area contributed by atoms with Gasteiger partial charge in [-0.25, -0.2) is 9.07 Å². The molecule has 1 aromatic heterocycles. The molecule has 0 aliphatic rings. The smallest absolute Gasteiger partial charge is 0.129 e. The van der Waals surface area contributed by atoms with Crippen molar-refractivity contribution in [1.82, 2.24) is 15.1 Å². The lowest BCUT2D eigenvalue weighted by atomic mass is 10.1. The van der Waals surface area contributed by atoms with Gasteiger partial charge in [-0.3, -0.25) is 0 Å². The second-order valence-electron chi connectivity index (χ2n) is 5.12. The summed E-state index contributed by atoms with van der Waals surface area (Å²) in [5.74, 6) is -0.184. The summed E-state index contributed by atoms with van der Waals surface area (Å²) in [6, 6.07) is 5.16. The highest BCUT2D eigenvalue weighted by molar-refractivity contribution is 5.44. The number of rotatable bonds is 5. The van der Waals surface area contributed by atoms with Crippen molar-refractivity contribution in [2.75, 3.05) is 6.54 Å². The lowest BCUT2D eigenvalue weighted by Gasteiger charge is -2.13. The zero-order valence-corrected chi connectivity index (χ0v) is 12.6. The Bertz CT molecular complexity index is 602. The van der Waals surface area contributed by atoms with Crippen LogP contribution >= 0.6 is 0 Å². The Kier molecular flexibility index (Phi) is 4.55. The van der Waals surface area contributed by atoms with E-state index in [-0.39, 0.29) is 5.82 Å². The predicted molar refractivity (Wildman–Crippen MR) is 79.7 cm³/mol. The fraction of sp³-hybridized carbons (Fsp3) is 0.438. The first-order valence-electron chi connectivity index (χ1n) is 7.07. The maximum Gasteiger partial charge on any atom is 0.129 e. The van der Waals surface area contributed by atoms with Gasteiger partial charge in [0, 0.05) is 17.8 Å². The van der Waals surface area contributed by atoms with Crippen LogP contribution in [0.4, 0.5) is 4.39 Å². The Labute approximate surface area is 119 Å². The van der Waals surface area contributed by atoms with Gasteiger partial charge in [-0.2, -0.15) is 5.10 Å². The van der Waals surface area contributed by atoms with Crippen molar-refractivity contribution >= 4 is 0 Å². The van der Waals surface area contributed by atoms with Gasteiger partial charge in [-0.1, -0.05) is 13.0 Å². The third kappa shape index (κ3) is 2.75. The molecule has 108 valence electrons. The first-order chi connectivity index (χ1) is 9.56. The van der Waals surface area contributed by atoms with Gasteiger partial charge >= 0.3 is 0 Å². The van der Waals surface area contributed by atoms with Gasteiger partial charge < -0.3 is 5.32 Å². The van der Waals surface area contributed by atoms with Gasteiger partial charge in [0.15, 0.2) is 0 Å². The number of aryl methyl sites for hydroxylation is 1. The molecular formula is C16H22FN3. The molecule has 2 rings (SSSR count). The van der Waals surface area contributed by atoms with Crippen LogP contribution in [0.3, 0.4) is 0 Å². The normalized spacial score (nSPS) is 11.1. The van der Waals surface area contributed by atoms with Crippen molar-refractivity contribution in [2.45, 2.75) is 40.7 Å². The summed E-state index contributed by atoms with van der Waals surface area (Å²) in [5, 5.41) is 7.79. The predicted octanol–water partition coefficient (Wildman–Crippen LogP) is 3.44. The maximum atomic E-state index is 14.1. The molecule has 0 saturated heterocycles. The molecule has 0 saturated carbocycles. The van der Waals surface area contributed by atoms with Crippen molar-refractivity contribution < 1.29 is 4.39 Å². The van der Waals surface area contributed by atoms with Crippen LogP contribution < -0.4 is 5.32 Å². The van der Waals surface area contributed by atoms with Crippen LogP contribution in [-0.2, 0) is 6.54 Å². The zero-order valence-electron chi connectivity index (χ0n) is 12.6. The molecule has 0 radical (unpaired) electrons. The molecule has 0 spiro atoms. The molecule has 2 aromatic rings. The molecule has 1 aromatic carbocycles. The lowest BCUT2D eigenvalue weighted by Crippen LogP contribution is -2.17. The highest BCUT2D eigenvalue weighted by Gasteiger charge is 2.14. The van der Waals surface area contributed by atoms with E-state index >= 15 is 0 Å². The van der Waals surface area contributed by atoms with E-state index in [0.29, 0.717) is 12.1 Å². The summed E-state index contributed by atoms with van der Waals surface area (Å²) in [6.07, 6.45) is 1.03. The van der Waals surface area contributed by atoms with Crippen LogP contribution in [0.5, 0.6) is 0 Å². The van der Waals surface area contributed by atoms with Crippen LogP contribution in [0.2, 0.25) is 0 Å². The molecule has 0 bridgehead atoms. The number of halogens is 1. The van der Waals surface area contributed by atoms with Crippen LogP contribution in [0.25, 0.3) is 5.69 Å². The summed E-state index contributed by atoms with van der Waals surface area (Å²) in [7, 11) is 0. The summed E-state index contributed by atoms with van der Waals surface area (Å²) in [6.45, 7) is 9.54. The summed E-state index contributed by atoms with van der Waals surface area (Å²) >= 11 is 0. The molecule has 0 fully saturated rings. The Hall–Kier alpha value is -1.68. The number of hydrogen-bond acceptors (Lipinski definition) is 2. The van der Waals surface area contributed by atoms with E-state index in [9.17, 15) is 4.39 Å². The van der Waals surface area contributed by atoms with Crippen molar-refractivity contribution in [3.8, 4) is 5.69 Å². The van der Waals surface area contributed by atoms with Crippen LogP contribution in [0.15, 0.2) is 18.2 Å². The van der Waals surface area contributed by atoms with Crippen molar-refractivity contribution in [1.29, 1.82) is 0 Å². The third-order valence-corrected chi connectivity index (χ3v) is 3.70. The first kappa shape index (κ1) is 14.7. The average molecular weight is 275 g/mol. The molecule has 4 heteroatoms. The third-order valence-electron chi connectivity index (χ3n) is 3.70. The lowest BCUT2D eigenvalue weighted by molar-refractivity contribution is 0.581. The number of nitrogens with one attached hydrogen (secondary N) is 1. The maximum absolute atomic E-state index is 14.1. The van der Waals surface area contributed by atoms with Gasteiger partial charge in [-0.15, -0.1) is 0 Å². The summed E-state index contributed by atoms with van der Waals surface area (Å²) in [4.78, 5) is 0. The minimum absolute atomic E-state index is 0.184. The molecule has 3 nitrogen and oxygen atoms in total. The highest BCUT2D eigenvalue weighted by atomic mass is 19.1. The molecule has 20 heavy (non-hydrogen) atoms. The van der Waals surface area contributed by atoms with E-state index in [4.69, 9.17) is 0 Å². The van der Waals surface area contributed by atoms with E-state index in [1.807, 2.05) is 31.5 Å². The molecule has 0 amide bonds. The highest BCUT2D eigenvalue weighted by Crippen LogP contribution is 2.22. The van der Waals surface area contributed by atoms with E-state index in [1.54, 1.807) is 6.07 Å². The fourth-order valence-corrected chi connectivity index (χ4v) is 2.27. The molecule has 1 N–H and O–H groups in total. The summed E-state index contributed by atoms with van der Waals surface area (Å²) < 4.78 is 16.0. The topological polar surface area (TPSA) is 29.9 Å². The molecule has 0 aliphatic heterocycles. The minimum atomic E-state index is -0.184. The SMILES string of the molecule is CCCNCc1c(F)cccc1-n1nc(C)c(C)c1C. The number of aromatic nitrogens is 2. The molecule has 0 atom stereocenters. The van der Waals surface area contributed by atoms with E-state index < -0.39 is 0 Å². The van der Waals surface area contributed by atoms with Crippen molar-refractivity contribution in [3.63, 3.8) is 0 Å². The quantitative estimate of drug-likeness (QED) is 0.847. The number of nitrogens with zero attached hydrogens (tertiary/aromatic N) is 2. The summed E-state index contributed by atoms with van der Waals surface area (Å²) in [5.41, 5.74) is 4.69. The van der Waals surface area contributed by atoms with Gasteiger partial charge in [0.05, 0.1) is 11.4 Å². The standard InChI is InChI=1S/C16H22FN3/c1-5-9-18-10-14-15(17)7-6-8-16(14)20-13(4)11(2)12(3)19-20/h6-8,18H,5,9-10H2,1-4H3. The van der Waals surface area contributed by atoms with Gasteiger partial charge in [0.25, 0.3) is 0 Å². The number of hydrogen-bond donors (Lipinski definition) is 1. The first-order valence-corrected chi connectivity index (χ1v) is 7.07. The molecule has 1 heterocycles. The van der Waals surface area contributed by atoms with Gasteiger partial charge in [0.2, 0.25) is 0 Å².